The molecule has 2 nitrogen and oxygen atoms in total. The first-order chi connectivity index (χ1) is 11.6. The Kier molecular flexibility index (Phi) is 3.63. The number of hydrogen-bond acceptors (Lipinski definition) is 1. The second-order valence-corrected chi connectivity index (χ2v) is 6.92. The first kappa shape index (κ1) is 15.3. The van der Waals surface area contributed by atoms with Gasteiger partial charge in [-0.3, -0.25) is 4.68 Å². The molecule has 0 atom stereocenters. The molecular weight excluding hydrogens is 306 g/mol. The zero-order chi connectivity index (χ0) is 16.8. The molecule has 0 amide bonds. The molecule has 24 heavy (non-hydrogen) atoms. The van der Waals surface area contributed by atoms with Crippen LogP contribution in [0.3, 0.4) is 0 Å². The van der Waals surface area contributed by atoms with Crippen LogP contribution < -0.4 is 0 Å². The first-order valence-electron chi connectivity index (χ1n) is 8.52. The average Bonchev–Trinajstić information content (AvgIpc) is 2.88. The lowest BCUT2D eigenvalue weighted by molar-refractivity contribution is 0.297. The Morgan fingerprint density at radius 2 is 1.83 bits per heavy atom. The smallest absolute Gasteiger partial charge is 0.130 e. The van der Waals surface area contributed by atoms with Crippen LogP contribution in [0.4, 0.5) is 8.78 Å². The Morgan fingerprint density at radius 1 is 1.12 bits per heavy atom. The number of aromatic nitrogens is 2. The standard InChI is InChI=1S/C20H20F2N2/c1-12(2)20-17(21)9-13(10-18(20)22)15-7-4-8-19-16(15)11-23-24(19)14-5-3-6-14/h4,7-12,14H,3,5-6H2,1-2H3. The lowest BCUT2D eigenvalue weighted by Crippen LogP contribution is -2.17. The largest absolute Gasteiger partial charge is 0.262 e. The minimum absolute atomic E-state index is 0.149. The number of hydrogen-bond donors (Lipinski definition) is 0. The molecule has 0 saturated heterocycles. The van der Waals surface area contributed by atoms with Gasteiger partial charge in [0, 0.05) is 10.9 Å². The van der Waals surface area contributed by atoms with Crippen molar-refractivity contribution in [1.82, 2.24) is 9.78 Å². The molecule has 0 spiro atoms. The molecule has 1 heterocycles. The van der Waals surface area contributed by atoms with Crippen LogP contribution in [-0.4, -0.2) is 9.78 Å². The van der Waals surface area contributed by atoms with E-state index in [4.69, 9.17) is 0 Å². The Morgan fingerprint density at radius 3 is 2.42 bits per heavy atom. The summed E-state index contributed by atoms with van der Waals surface area (Å²) in [6.45, 7) is 3.59. The molecule has 4 rings (SSSR count). The summed E-state index contributed by atoms with van der Waals surface area (Å²) in [5, 5.41) is 5.47. The van der Waals surface area contributed by atoms with Crippen LogP contribution in [0.25, 0.3) is 22.0 Å². The molecule has 0 unspecified atom stereocenters. The highest BCUT2D eigenvalue weighted by molar-refractivity contribution is 5.94. The first-order valence-corrected chi connectivity index (χ1v) is 8.52. The molecular formula is C20H20F2N2. The molecule has 0 bridgehead atoms. The van der Waals surface area contributed by atoms with Crippen molar-refractivity contribution in [3.05, 3.63) is 53.7 Å². The van der Waals surface area contributed by atoms with Crippen LogP contribution in [0.5, 0.6) is 0 Å². The highest BCUT2D eigenvalue weighted by Gasteiger charge is 2.23. The van der Waals surface area contributed by atoms with Crippen molar-refractivity contribution in [3.8, 4) is 11.1 Å². The van der Waals surface area contributed by atoms with Crippen LogP contribution in [0.2, 0.25) is 0 Å². The fourth-order valence-corrected chi connectivity index (χ4v) is 3.54. The van der Waals surface area contributed by atoms with Crippen molar-refractivity contribution in [3.63, 3.8) is 0 Å². The van der Waals surface area contributed by atoms with Gasteiger partial charge in [0.2, 0.25) is 0 Å². The van der Waals surface area contributed by atoms with Gasteiger partial charge in [0.25, 0.3) is 0 Å². The Labute approximate surface area is 140 Å². The second-order valence-electron chi connectivity index (χ2n) is 6.92. The van der Waals surface area contributed by atoms with Crippen molar-refractivity contribution >= 4 is 10.9 Å². The summed E-state index contributed by atoms with van der Waals surface area (Å²) in [6.07, 6.45) is 5.34. The molecule has 1 aliphatic carbocycles. The molecule has 3 aromatic rings. The Hall–Kier alpha value is -2.23. The monoisotopic (exact) mass is 326 g/mol. The zero-order valence-electron chi connectivity index (χ0n) is 13.9. The van der Waals surface area contributed by atoms with E-state index in [0.29, 0.717) is 11.6 Å². The summed E-state index contributed by atoms with van der Waals surface area (Å²) < 4.78 is 30.8. The van der Waals surface area contributed by atoms with Crippen LogP contribution in [0.15, 0.2) is 36.5 Å². The lowest BCUT2D eigenvalue weighted by Gasteiger charge is -2.26. The third-order valence-corrected chi connectivity index (χ3v) is 5.03. The maximum absolute atomic E-state index is 14.4. The van der Waals surface area contributed by atoms with Crippen LogP contribution in [0, 0.1) is 11.6 Å². The van der Waals surface area contributed by atoms with Crippen LogP contribution >= 0.6 is 0 Å². The normalized spacial score (nSPS) is 15.2. The van der Waals surface area contributed by atoms with Crippen molar-refractivity contribution in [1.29, 1.82) is 0 Å². The molecule has 124 valence electrons. The van der Waals surface area contributed by atoms with Gasteiger partial charge in [0.1, 0.15) is 11.6 Å². The number of rotatable bonds is 3. The SMILES string of the molecule is CC(C)c1c(F)cc(-c2cccc3c2cnn3C2CCC2)cc1F. The van der Waals surface area contributed by atoms with E-state index < -0.39 is 11.6 Å². The van der Waals surface area contributed by atoms with Gasteiger partial charge in [-0.15, -0.1) is 0 Å². The number of halogens is 2. The Bertz CT molecular complexity index is 884. The predicted octanol–water partition coefficient (Wildman–Crippen LogP) is 5.83. The second kappa shape index (κ2) is 5.69. The van der Waals surface area contributed by atoms with Gasteiger partial charge in [0.15, 0.2) is 0 Å². The molecule has 1 saturated carbocycles. The van der Waals surface area contributed by atoms with Gasteiger partial charge < -0.3 is 0 Å². The third-order valence-electron chi connectivity index (χ3n) is 5.03. The van der Waals surface area contributed by atoms with Crippen molar-refractivity contribution in [2.24, 2.45) is 0 Å². The van der Waals surface area contributed by atoms with E-state index in [2.05, 4.69) is 9.78 Å². The fraction of sp³-hybridized carbons (Fsp3) is 0.350. The lowest BCUT2D eigenvalue weighted by atomic mass is 9.93. The summed E-state index contributed by atoms with van der Waals surface area (Å²) in [5.74, 6) is -1.15. The highest BCUT2D eigenvalue weighted by atomic mass is 19.1. The van der Waals surface area contributed by atoms with Crippen molar-refractivity contribution in [2.75, 3.05) is 0 Å². The number of benzene rings is 2. The van der Waals surface area contributed by atoms with Gasteiger partial charge in [-0.2, -0.15) is 5.10 Å². The van der Waals surface area contributed by atoms with E-state index in [1.807, 2.05) is 24.4 Å². The zero-order valence-corrected chi connectivity index (χ0v) is 13.9. The van der Waals surface area contributed by atoms with E-state index in [-0.39, 0.29) is 11.5 Å². The Balaban J connectivity index is 1.86. The molecule has 1 aliphatic rings. The van der Waals surface area contributed by atoms with Crippen LogP contribution in [0.1, 0.15) is 50.6 Å². The van der Waals surface area contributed by atoms with E-state index in [1.165, 1.54) is 18.6 Å². The van der Waals surface area contributed by atoms with Crippen molar-refractivity contribution in [2.45, 2.75) is 45.1 Å². The molecule has 1 fully saturated rings. The number of nitrogens with zero attached hydrogens (tertiary/aromatic N) is 2. The fourth-order valence-electron chi connectivity index (χ4n) is 3.54. The summed E-state index contributed by atoms with van der Waals surface area (Å²) >= 11 is 0. The maximum Gasteiger partial charge on any atom is 0.130 e. The maximum atomic E-state index is 14.4. The molecule has 0 radical (unpaired) electrons. The molecule has 0 aliphatic heterocycles. The predicted molar refractivity (Wildman–Crippen MR) is 92.1 cm³/mol. The van der Waals surface area contributed by atoms with Gasteiger partial charge >= 0.3 is 0 Å². The third kappa shape index (κ3) is 2.32. The van der Waals surface area contributed by atoms with E-state index in [1.54, 1.807) is 13.8 Å². The van der Waals surface area contributed by atoms with Gasteiger partial charge in [-0.05, 0) is 54.5 Å². The summed E-state index contributed by atoms with van der Waals surface area (Å²) in [7, 11) is 0. The summed E-state index contributed by atoms with van der Waals surface area (Å²) in [5.41, 5.74) is 2.57. The quantitative estimate of drug-likeness (QED) is 0.592. The van der Waals surface area contributed by atoms with Gasteiger partial charge in [-0.25, -0.2) is 8.78 Å². The van der Waals surface area contributed by atoms with Gasteiger partial charge in [-0.1, -0.05) is 26.0 Å². The summed E-state index contributed by atoms with van der Waals surface area (Å²) in [6, 6.07) is 9.19. The van der Waals surface area contributed by atoms with Crippen molar-refractivity contribution < 1.29 is 8.78 Å². The van der Waals surface area contributed by atoms with E-state index in [9.17, 15) is 8.78 Å². The molecule has 4 heteroatoms. The number of fused-ring (bicyclic) bond motifs is 1. The topological polar surface area (TPSA) is 17.8 Å². The minimum atomic E-state index is -0.483. The molecule has 1 aromatic heterocycles. The molecule has 2 aromatic carbocycles. The minimum Gasteiger partial charge on any atom is -0.262 e. The van der Waals surface area contributed by atoms with E-state index in [0.717, 1.165) is 29.3 Å². The van der Waals surface area contributed by atoms with Gasteiger partial charge in [0.05, 0.1) is 17.8 Å². The molecule has 0 N–H and O–H groups in total. The summed E-state index contributed by atoms with van der Waals surface area (Å²) in [4.78, 5) is 0. The van der Waals surface area contributed by atoms with Crippen LogP contribution in [-0.2, 0) is 0 Å². The van der Waals surface area contributed by atoms with E-state index >= 15 is 0 Å². The average molecular weight is 326 g/mol. The highest BCUT2D eigenvalue weighted by Crippen LogP contribution is 2.37.